The van der Waals surface area contributed by atoms with Crippen LogP contribution in [0.5, 0.6) is 12.0 Å². The topological polar surface area (TPSA) is 94.4 Å². The molecule has 8 heteroatoms. The van der Waals surface area contributed by atoms with E-state index in [2.05, 4.69) is 15.0 Å². The Kier molecular flexibility index (Phi) is 4.36. The van der Waals surface area contributed by atoms with Gasteiger partial charge in [0.25, 0.3) is 0 Å². The molecule has 0 amide bonds. The van der Waals surface area contributed by atoms with Crippen LogP contribution >= 0.6 is 11.8 Å². The maximum Gasteiger partial charge on any atom is 0.336 e. The van der Waals surface area contributed by atoms with Crippen molar-refractivity contribution in [2.24, 2.45) is 0 Å². The Balaban J connectivity index is 2.37. The van der Waals surface area contributed by atoms with E-state index in [1.54, 1.807) is 18.2 Å². The molecular weight excluding hydrogens is 282 g/mol. The van der Waals surface area contributed by atoms with E-state index in [1.165, 1.54) is 20.3 Å². The molecule has 1 heterocycles. The smallest absolute Gasteiger partial charge is 0.336 e. The zero-order valence-corrected chi connectivity index (χ0v) is 11.5. The quantitative estimate of drug-likeness (QED) is 0.890. The van der Waals surface area contributed by atoms with Crippen LogP contribution in [0.1, 0.15) is 10.4 Å². The van der Waals surface area contributed by atoms with Gasteiger partial charge >= 0.3 is 18.0 Å². The molecule has 1 aromatic heterocycles. The van der Waals surface area contributed by atoms with E-state index in [-0.39, 0.29) is 17.6 Å². The van der Waals surface area contributed by atoms with Gasteiger partial charge in [-0.2, -0.15) is 9.97 Å². The third kappa shape index (κ3) is 3.15. The van der Waals surface area contributed by atoms with Gasteiger partial charge < -0.3 is 14.6 Å². The first-order valence-corrected chi connectivity index (χ1v) is 6.30. The maximum atomic E-state index is 11.1. The Morgan fingerprint density at radius 3 is 2.25 bits per heavy atom. The van der Waals surface area contributed by atoms with Crippen molar-refractivity contribution in [3.63, 3.8) is 0 Å². The van der Waals surface area contributed by atoms with Crippen LogP contribution in [0.4, 0.5) is 0 Å². The summed E-state index contributed by atoms with van der Waals surface area (Å²) in [7, 11) is 2.85. The monoisotopic (exact) mass is 293 g/mol. The van der Waals surface area contributed by atoms with Crippen molar-refractivity contribution in [3.8, 4) is 12.0 Å². The van der Waals surface area contributed by atoms with Crippen LogP contribution in [-0.2, 0) is 0 Å². The highest BCUT2D eigenvalue weighted by atomic mass is 32.2. The minimum absolute atomic E-state index is 0.104. The van der Waals surface area contributed by atoms with Crippen molar-refractivity contribution >= 4 is 17.7 Å². The highest BCUT2D eigenvalue weighted by Gasteiger charge is 2.14. The van der Waals surface area contributed by atoms with E-state index in [9.17, 15) is 4.79 Å². The summed E-state index contributed by atoms with van der Waals surface area (Å²) < 4.78 is 9.88. The molecular formula is C12H11N3O4S. The fraction of sp³-hybridized carbons (Fsp3) is 0.167. The van der Waals surface area contributed by atoms with Gasteiger partial charge in [0.2, 0.25) is 5.16 Å². The average Bonchev–Trinajstić information content (AvgIpc) is 2.47. The van der Waals surface area contributed by atoms with Gasteiger partial charge in [-0.3, -0.25) is 0 Å². The van der Waals surface area contributed by atoms with Gasteiger partial charge in [0.15, 0.2) is 0 Å². The Bertz CT molecular complexity index is 614. The molecule has 104 valence electrons. The lowest BCUT2D eigenvalue weighted by atomic mass is 10.2. The van der Waals surface area contributed by atoms with E-state index in [0.29, 0.717) is 10.1 Å². The minimum Gasteiger partial charge on any atom is -0.478 e. The molecule has 0 unspecified atom stereocenters. The predicted molar refractivity (Wildman–Crippen MR) is 70.5 cm³/mol. The number of rotatable bonds is 5. The first-order chi connectivity index (χ1) is 9.63. The van der Waals surface area contributed by atoms with Crippen molar-refractivity contribution in [1.82, 2.24) is 15.0 Å². The standard InChI is InChI=1S/C12H11N3O4S/c1-18-10-13-11(19-2)15-12(14-10)20-8-6-4-3-5-7(8)9(16)17/h3-6H,1-2H3,(H,16,17). The highest BCUT2D eigenvalue weighted by Crippen LogP contribution is 2.29. The van der Waals surface area contributed by atoms with E-state index in [0.717, 1.165) is 11.8 Å². The van der Waals surface area contributed by atoms with Gasteiger partial charge in [0.1, 0.15) is 0 Å². The number of carboxylic acid groups (broad SMARTS) is 1. The zero-order valence-electron chi connectivity index (χ0n) is 10.7. The summed E-state index contributed by atoms with van der Waals surface area (Å²) in [6.07, 6.45) is 0. The van der Waals surface area contributed by atoms with E-state index >= 15 is 0 Å². The molecule has 20 heavy (non-hydrogen) atoms. The number of hydrogen-bond acceptors (Lipinski definition) is 7. The van der Waals surface area contributed by atoms with Gasteiger partial charge in [-0.05, 0) is 23.9 Å². The largest absolute Gasteiger partial charge is 0.478 e. The van der Waals surface area contributed by atoms with Gasteiger partial charge in [-0.15, -0.1) is 4.98 Å². The molecule has 0 spiro atoms. The molecule has 2 rings (SSSR count). The van der Waals surface area contributed by atoms with Crippen LogP contribution < -0.4 is 9.47 Å². The number of hydrogen-bond donors (Lipinski definition) is 1. The lowest BCUT2D eigenvalue weighted by Gasteiger charge is -2.06. The molecule has 0 saturated carbocycles. The maximum absolute atomic E-state index is 11.1. The van der Waals surface area contributed by atoms with Crippen LogP contribution in [0, 0.1) is 0 Å². The van der Waals surface area contributed by atoms with Gasteiger partial charge in [-0.25, -0.2) is 4.79 Å². The third-order valence-corrected chi connectivity index (χ3v) is 3.20. The molecule has 0 atom stereocenters. The number of nitrogens with zero attached hydrogens (tertiary/aromatic N) is 3. The normalized spacial score (nSPS) is 10.1. The summed E-state index contributed by atoms with van der Waals surface area (Å²) in [5, 5.41) is 9.42. The third-order valence-electron chi connectivity index (χ3n) is 2.26. The summed E-state index contributed by atoms with van der Waals surface area (Å²) in [6, 6.07) is 6.79. The number of carbonyl (C=O) groups is 1. The van der Waals surface area contributed by atoms with E-state index in [1.807, 2.05) is 0 Å². The molecule has 0 aliphatic heterocycles. The summed E-state index contributed by atoms with van der Waals surface area (Å²) >= 11 is 1.10. The van der Waals surface area contributed by atoms with Crippen LogP contribution in [0.3, 0.4) is 0 Å². The van der Waals surface area contributed by atoms with Gasteiger partial charge in [0, 0.05) is 4.90 Å². The summed E-state index contributed by atoms with van der Waals surface area (Å²) in [5.74, 6) is -1.01. The Labute approximate surface area is 119 Å². The van der Waals surface area contributed by atoms with Crippen LogP contribution in [0.2, 0.25) is 0 Å². The number of methoxy groups -OCH3 is 2. The first kappa shape index (κ1) is 14.1. The van der Waals surface area contributed by atoms with Crippen LogP contribution in [-0.4, -0.2) is 40.2 Å². The molecule has 1 N–H and O–H groups in total. The van der Waals surface area contributed by atoms with Gasteiger partial charge in [0.05, 0.1) is 19.8 Å². The molecule has 7 nitrogen and oxygen atoms in total. The fourth-order valence-electron chi connectivity index (χ4n) is 1.38. The van der Waals surface area contributed by atoms with Crippen molar-refractivity contribution in [3.05, 3.63) is 29.8 Å². The molecule has 0 aliphatic carbocycles. The number of aromatic nitrogens is 3. The number of ether oxygens (including phenoxy) is 2. The first-order valence-electron chi connectivity index (χ1n) is 5.48. The molecule has 0 radical (unpaired) electrons. The molecule has 1 aromatic carbocycles. The summed E-state index contributed by atoms with van der Waals surface area (Å²) in [6.45, 7) is 0. The zero-order chi connectivity index (χ0) is 14.5. The number of carboxylic acids is 1. The van der Waals surface area contributed by atoms with Gasteiger partial charge in [-0.1, -0.05) is 12.1 Å². The second kappa shape index (κ2) is 6.20. The minimum atomic E-state index is -1.01. The van der Waals surface area contributed by atoms with E-state index in [4.69, 9.17) is 14.6 Å². The molecule has 0 fully saturated rings. The van der Waals surface area contributed by atoms with Crippen molar-refractivity contribution < 1.29 is 19.4 Å². The highest BCUT2D eigenvalue weighted by molar-refractivity contribution is 7.99. The lowest BCUT2D eigenvalue weighted by molar-refractivity contribution is 0.0693. The van der Waals surface area contributed by atoms with Crippen LogP contribution in [0.15, 0.2) is 34.3 Å². The molecule has 0 bridgehead atoms. The number of aromatic carboxylic acids is 1. The van der Waals surface area contributed by atoms with Crippen molar-refractivity contribution in [2.45, 2.75) is 10.1 Å². The van der Waals surface area contributed by atoms with Crippen LogP contribution in [0.25, 0.3) is 0 Å². The average molecular weight is 293 g/mol. The second-order valence-electron chi connectivity index (χ2n) is 3.49. The Morgan fingerprint density at radius 2 is 1.70 bits per heavy atom. The summed E-state index contributed by atoms with van der Waals surface area (Å²) in [5.41, 5.74) is 0.177. The molecule has 0 saturated heterocycles. The fourth-order valence-corrected chi connectivity index (χ4v) is 2.24. The van der Waals surface area contributed by atoms with Crippen molar-refractivity contribution in [1.29, 1.82) is 0 Å². The number of benzene rings is 1. The summed E-state index contributed by atoms with van der Waals surface area (Å²) in [4.78, 5) is 23.6. The SMILES string of the molecule is COc1nc(OC)nc(Sc2ccccc2C(=O)O)n1. The van der Waals surface area contributed by atoms with Crippen molar-refractivity contribution in [2.75, 3.05) is 14.2 Å². The molecule has 2 aromatic rings. The second-order valence-corrected chi connectivity index (χ2v) is 4.50. The predicted octanol–water partition coefficient (Wildman–Crippen LogP) is 1.74. The Hall–Kier alpha value is -2.35. The van der Waals surface area contributed by atoms with E-state index < -0.39 is 5.97 Å². The lowest BCUT2D eigenvalue weighted by Crippen LogP contribution is -2.02. The molecule has 0 aliphatic rings. The Morgan fingerprint density at radius 1 is 1.10 bits per heavy atom.